The molecule has 1 heterocycles. The van der Waals surface area contributed by atoms with Crippen LogP contribution >= 0.6 is 0 Å². The van der Waals surface area contributed by atoms with Gasteiger partial charge in [-0.25, -0.2) is 4.79 Å². The van der Waals surface area contributed by atoms with E-state index in [1.165, 1.54) is 7.11 Å². The van der Waals surface area contributed by atoms with Gasteiger partial charge in [0.05, 0.1) is 13.0 Å². The van der Waals surface area contributed by atoms with Crippen molar-refractivity contribution in [3.63, 3.8) is 0 Å². The second-order valence-corrected chi connectivity index (χ2v) is 12.9. The van der Waals surface area contributed by atoms with Crippen LogP contribution in [0.1, 0.15) is 48.3 Å². The molecule has 1 N–H and O–H groups in total. The van der Waals surface area contributed by atoms with Gasteiger partial charge in [-0.2, -0.15) is 0 Å². The monoisotopic (exact) mass is 374 g/mol. The number of aromatic nitrogens is 1. The Morgan fingerprint density at radius 3 is 2.50 bits per heavy atom. The highest BCUT2D eigenvalue weighted by Crippen LogP contribution is 2.26. The molecule has 0 unspecified atom stereocenters. The maximum absolute atomic E-state index is 12.7. The predicted molar refractivity (Wildman–Crippen MR) is 106 cm³/mol. The molecule has 1 aromatic heterocycles. The van der Waals surface area contributed by atoms with Gasteiger partial charge in [0, 0.05) is 12.1 Å². The Morgan fingerprint density at radius 2 is 1.88 bits per heavy atom. The molecule has 0 aromatic carbocycles. The third kappa shape index (κ3) is 4.79. The Kier molecular flexibility index (Phi) is 6.35. The van der Waals surface area contributed by atoms with E-state index < -0.39 is 14.0 Å². The molecule has 1 amide bonds. The third-order valence-electron chi connectivity index (χ3n) is 4.77. The topological polar surface area (TPSA) is 60.3 Å². The second-order valence-electron chi connectivity index (χ2n) is 8.12. The van der Waals surface area contributed by atoms with Crippen molar-refractivity contribution in [2.24, 2.45) is 11.8 Å². The van der Waals surface area contributed by atoms with Crippen LogP contribution in [0.3, 0.4) is 0 Å². The lowest BCUT2D eigenvalue weighted by Crippen LogP contribution is -2.33. The van der Waals surface area contributed by atoms with Crippen molar-refractivity contribution in [2.45, 2.75) is 59.2 Å². The summed E-state index contributed by atoms with van der Waals surface area (Å²) in [5.74, 6) is 2.37. The van der Waals surface area contributed by atoms with E-state index in [0.29, 0.717) is 5.69 Å². The third-order valence-corrected chi connectivity index (χ3v) is 5.66. The number of hydrogen-bond acceptors (Lipinski definition) is 3. The van der Waals surface area contributed by atoms with Crippen LogP contribution in [0.15, 0.2) is 6.20 Å². The summed E-state index contributed by atoms with van der Waals surface area (Å²) in [7, 11) is -0.101. The number of amides is 1. The molecule has 1 aliphatic carbocycles. The highest BCUT2D eigenvalue weighted by atomic mass is 28.3. The van der Waals surface area contributed by atoms with E-state index in [1.807, 2.05) is 20.0 Å². The number of fused-ring (bicyclic) bond motifs is 1. The summed E-state index contributed by atoms with van der Waals surface area (Å²) in [6.45, 7) is 10.4. The molecule has 1 aromatic rings. The number of nitrogens with zero attached hydrogens (tertiary/aromatic N) is 1. The molecule has 0 saturated carbocycles. The van der Waals surface area contributed by atoms with Gasteiger partial charge in [0.25, 0.3) is 0 Å². The van der Waals surface area contributed by atoms with Gasteiger partial charge in [0.1, 0.15) is 8.07 Å². The molecule has 2 rings (SSSR count). The minimum atomic E-state index is -1.47. The standard InChI is InChI=1S/C20H30N2O3Si/c1-14(11-12-26(4,5)6)15(2)19(23)21-22-13-16-9-7-8-10-17(16)18(22)20(24)25-3/h13-15H,7-10H2,1-6H3,(H,21,23)/t14-,15+/m0/s1. The Balaban J connectivity index is 2.21. The maximum atomic E-state index is 12.7. The summed E-state index contributed by atoms with van der Waals surface area (Å²) in [5.41, 5.74) is 8.78. The quantitative estimate of drug-likeness (QED) is 0.499. The van der Waals surface area contributed by atoms with E-state index in [-0.39, 0.29) is 17.7 Å². The molecular formula is C20H30N2O3Si. The minimum Gasteiger partial charge on any atom is -0.464 e. The second kappa shape index (κ2) is 8.13. The van der Waals surface area contributed by atoms with Gasteiger partial charge >= 0.3 is 5.97 Å². The summed E-state index contributed by atoms with van der Waals surface area (Å²) in [6, 6.07) is 0. The fraction of sp³-hybridized carbons (Fsp3) is 0.600. The molecule has 0 saturated heterocycles. The zero-order chi connectivity index (χ0) is 19.5. The molecular weight excluding hydrogens is 344 g/mol. The fourth-order valence-corrected chi connectivity index (χ4v) is 3.68. The van der Waals surface area contributed by atoms with Crippen molar-refractivity contribution in [1.29, 1.82) is 0 Å². The first-order chi connectivity index (χ1) is 12.1. The minimum absolute atomic E-state index is 0.0477. The Labute approximate surface area is 157 Å². The summed E-state index contributed by atoms with van der Waals surface area (Å²) >= 11 is 0. The van der Waals surface area contributed by atoms with Gasteiger partial charge in [0.15, 0.2) is 5.69 Å². The van der Waals surface area contributed by atoms with E-state index in [4.69, 9.17) is 4.74 Å². The molecule has 0 spiro atoms. The van der Waals surface area contributed by atoms with Crippen LogP contribution in [-0.4, -0.2) is 31.7 Å². The molecule has 1 aliphatic rings. The molecule has 142 valence electrons. The summed E-state index contributed by atoms with van der Waals surface area (Å²) in [4.78, 5) is 25.0. The molecule has 26 heavy (non-hydrogen) atoms. The van der Waals surface area contributed by atoms with Gasteiger partial charge in [-0.05, 0) is 36.8 Å². The van der Waals surface area contributed by atoms with E-state index >= 15 is 0 Å². The Bertz CT molecular complexity index is 750. The number of carbonyl (C=O) groups excluding carboxylic acids is 2. The van der Waals surface area contributed by atoms with E-state index in [1.54, 1.807) is 4.68 Å². The van der Waals surface area contributed by atoms with Crippen LogP contribution in [-0.2, 0) is 22.4 Å². The van der Waals surface area contributed by atoms with Gasteiger partial charge in [0.2, 0.25) is 5.91 Å². The van der Waals surface area contributed by atoms with Crippen LogP contribution in [0.4, 0.5) is 0 Å². The Hall–Kier alpha value is -2.00. The highest BCUT2D eigenvalue weighted by molar-refractivity contribution is 6.83. The zero-order valence-electron chi connectivity index (χ0n) is 16.7. The number of ether oxygens (including phenoxy) is 1. The SMILES string of the molecule is COC(=O)c1c2c(cn1NC(=O)[C@H](C)[C@@H](C)C#C[Si](C)(C)C)CCCC2. The van der Waals surface area contributed by atoms with Crippen molar-refractivity contribution in [3.8, 4) is 11.5 Å². The first kappa shape index (κ1) is 20.3. The number of nitrogens with one attached hydrogen (secondary N) is 1. The number of methoxy groups -OCH3 is 1. The van der Waals surface area contributed by atoms with Gasteiger partial charge in [-0.15, -0.1) is 11.5 Å². The van der Waals surface area contributed by atoms with E-state index in [0.717, 1.165) is 36.8 Å². The largest absolute Gasteiger partial charge is 0.464 e. The summed E-state index contributed by atoms with van der Waals surface area (Å²) in [5, 5.41) is 0. The fourth-order valence-electron chi connectivity index (χ4n) is 3.02. The lowest BCUT2D eigenvalue weighted by Gasteiger charge is -2.18. The van der Waals surface area contributed by atoms with Crippen LogP contribution in [0.5, 0.6) is 0 Å². The van der Waals surface area contributed by atoms with Crippen molar-refractivity contribution in [3.05, 3.63) is 23.0 Å². The summed E-state index contributed by atoms with van der Waals surface area (Å²) in [6.07, 6.45) is 5.79. The predicted octanol–water partition coefficient (Wildman–Crippen LogP) is 3.38. The number of rotatable bonds is 4. The average Bonchev–Trinajstić information content (AvgIpc) is 2.95. The smallest absolute Gasteiger partial charge is 0.356 e. The molecule has 0 fully saturated rings. The van der Waals surface area contributed by atoms with Crippen molar-refractivity contribution in [1.82, 2.24) is 4.68 Å². The lowest BCUT2D eigenvalue weighted by molar-refractivity contribution is -0.121. The number of carbonyl (C=O) groups is 2. The molecule has 0 radical (unpaired) electrons. The molecule has 5 nitrogen and oxygen atoms in total. The average molecular weight is 375 g/mol. The van der Waals surface area contributed by atoms with Gasteiger partial charge < -0.3 is 4.74 Å². The molecule has 0 aliphatic heterocycles. The highest BCUT2D eigenvalue weighted by Gasteiger charge is 2.27. The van der Waals surface area contributed by atoms with Crippen molar-refractivity contribution >= 4 is 20.0 Å². The van der Waals surface area contributed by atoms with Gasteiger partial charge in [-0.3, -0.25) is 14.9 Å². The van der Waals surface area contributed by atoms with E-state index in [2.05, 4.69) is 36.5 Å². The Morgan fingerprint density at radius 1 is 1.23 bits per heavy atom. The van der Waals surface area contributed by atoms with Crippen LogP contribution in [0, 0.1) is 23.3 Å². The summed E-state index contributed by atoms with van der Waals surface area (Å²) < 4.78 is 6.49. The number of aryl methyl sites for hydroxylation is 1. The van der Waals surface area contributed by atoms with Crippen LogP contribution in [0.2, 0.25) is 19.6 Å². The van der Waals surface area contributed by atoms with Crippen molar-refractivity contribution < 1.29 is 14.3 Å². The van der Waals surface area contributed by atoms with Gasteiger partial charge in [-0.1, -0.05) is 33.5 Å². The molecule has 2 atom stereocenters. The zero-order valence-corrected chi connectivity index (χ0v) is 17.7. The van der Waals surface area contributed by atoms with Crippen LogP contribution in [0.25, 0.3) is 0 Å². The normalized spacial score (nSPS) is 15.9. The molecule has 0 bridgehead atoms. The van der Waals surface area contributed by atoms with Crippen molar-refractivity contribution in [2.75, 3.05) is 12.5 Å². The maximum Gasteiger partial charge on any atom is 0.356 e. The first-order valence-electron chi connectivity index (χ1n) is 9.29. The molecule has 6 heteroatoms. The number of hydrogen-bond donors (Lipinski definition) is 1. The van der Waals surface area contributed by atoms with Crippen LogP contribution < -0.4 is 5.43 Å². The number of esters is 1. The first-order valence-corrected chi connectivity index (χ1v) is 12.8. The lowest BCUT2D eigenvalue weighted by atomic mass is 9.94. The van der Waals surface area contributed by atoms with E-state index in [9.17, 15) is 9.59 Å².